The second kappa shape index (κ2) is 8.05. The molecule has 2 aliphatic rings. The lowest BCUT2D eigenvalue weighted by Gasteiger charge is -2.39. The summed E-state index contributed by atoms with van der Waals surface area (Å²) in [4.78, 5) is 30.4. The van der Waals surface area contributed by atoms with Crippen LogP contribution in [0.5, 0.6) is 0 Å². The van der Waals surface area contributed by atoms with Crippen molar-refractivity contribution in [2.45, 2.75) is 31.2 Å². The number of carbonyl (C=O) groups excluding carboxylic acids is 2. The number of benzene rings is 2. The summed E-state index contributed by atoms with van der Waals surface area (Å²) in [5, 5.41) is 0. The standard InChI is InChI=1S/C23H26N2O2/c26-21-13-16-25(23(27)22(21)19-11-5-2-6-12-19)20(17-24-14-7-8-15-24)18-9-3-1-4-10-18/h1-6,9-12,20,22H,7-8,13-17H2/t20?,22-/m0/s1. The zero-order valence-corrected chi connectivity index (χ0v) is 15.6. The van der Waals surface area contributed by atoms with E-state index in [1.807, 2.05) is 53.4 Å². The van der Waals surface area contributed by atoms with Gasteiger partial charge in [-0.15, -0.1) is 0 Å². The Balaban J connectivity index is 1.64. The van der Waals surface area contributed by atoms with E-state index in [2.05, 4.69) is 17.0 Å². The highest BCUT2D eigenvalue weighted by Gasteiger charge is 2.40. The van der Waals surface area contributed by atoms with Gasteiger partial charge in [-0.25, -0.2) is 0 Å². The number of ketones is 1. The Hall–Kier alpha value is -2.46. The van der Waals surface area contributed by atoms with Crippen molar-refractivity contribution in [2.24, 2.45) is 0 Å². The third kappa shape index (κ3) is 3.81. The quantitative estimate of drug-likeness (QED) is 0.766. The zero-order chi connectivity index (χ0) is 18.6. The van der Waals surface area contributed by atoms with E-state index < -0.39 is 5.92 Å². The van der Waals surface area contributed by atoms with Crippen molar-refractivity contribution < 1.29 is 9.59 Å². The molecule has 0 aliphatic carbocycles. The molecule has 0 N–H and O–H groups in total. The van der Waals surface area contributed by atoms with Crippen LogP contribution in [0.3, 0.4) is 0 Å². The van der Waals surface area contributed by atoms with Crippen LogP contribution in [0.25, 0.3) is 0 Å². The number of likely N-dealkylation sites (tertiary alicyclic amines) is 2. The van der Waals surface area contributed by atoms with Gasteiger partial charge >= 0.3 is 0 Å². The van der Waals surface area contributed by atoms with Gasteiger partial charge in [-0.2, -0.15) is 0 Å². The van der Waals surface area contributed by atoms with E-state index in [9.17, 15) is 9.59 Å². The molecule has 1 unspecified atom stereocenters. The highest BCUT2D eigenvalue weighted by atomic mass is 16.2. The molecule has 0 spiro atoms. The van der Waals surface area contributed by atoms with Crippen molar-refractivity contribution in [3.8, 4) is 0 Å². The van der Waals surface area contributed by atoms with E-state index in [4.69, 9.17) is 0 Å². The van der Waals surface area contributed by atoms with Crippen LogP contribution in [0.4, 0.5) is 0 Å². The van der Waals surface area contributed by atoms with Crippen molar-refractivity contribution >= 4 is 11.7 Å². The number of carbonyl (C=O) groups is 2. The highest BCUT2D eigenvalue weighted by molar-refractivity contribution is 6.08. The molecule has 0 aromatic heterocycles. The van der Waals surface area contributed by atoms with Crippen LogP contribution in [-0.2, 0) is 9.59 Å². The smallest absolute Gasteiger partial charge is 0.238 e. The number of Topliss-reactive ketones (excluding diaryl/α,β-unsaturated/α-hetero) is 1. The number of hydrogen-bond acceptors (Lipinski definition) is 3. The van der Waals surface area contributed by atoms with Crippen LogP contribution < -0.4 is 0 Å². The monoisotopic (exact) mass is 362 g/mol. The van der Waals surface area contributed by atoms with Gasteiger partial charge < -0.3 is 9.80 Å². The topological polar surface area (TPSA) is 40.6 Å². The van der Waals surface area contributed by atoms with E-state index in [-0.39, 0.29) is 17.7 Å². The van der Waals surface area contributed by atoms with Crippen molar-refractivity contribution in [1.29, 1.82) is 0 Å². The summed E-state index contributed by atoms with van der Waals surface area (Å²) in [6.45, 7) is 3.53. The number of rotatable bonds is 5. The first-order chi connectivity index (χ1) is 13.2. The Morgan fingerprint density at radius 3 is 2.15 bits per heavy atom. The molecular formula is C23H26N2O2. The number of hydrogen-bond donors (Lipinski definition) is 0. The minimum Gasteiger partial charge on any atom is -0.333 e. The van der Waals surface area contributed by atoms with Gasteiger partial charge in [0.25, 0.3) is 0 Å². The SMILES string of the molecule is O=C1CCN(C(CN2CCCC2)c2ccccc2)C(=O)[C@H]1c1ccccc1. The van der Waals surface area contributed by atoms with Gasteiger partial charge in [0, 0.05) is 19.5 Å². The van der Waals surface area contributed by atoms with Gasteiger partial charge in [0.15, 0.2) is 5.78 Å². The summed E-state index contributed by atoms with van der Waals surface area (Å²) in [5.74, 6) is -0.675. The summed E-state index contributed by atoms with van der Waals surface area (Å²) in [6, 6.07) is 19.7. The van der Waals surface area contributed by atoms with Gasteiger partial charge in [-0.1, -0.05) is 60.7 Å². The molecule has 0 radical (unpaired) electrons. The predicted molar refractivity (Wildman–Crippen MR) is 105 cm³/mol. The molecule has 2 fully saturated rings. The lowest BCUT2D eigenvalue weighted by Crippen LogP contribution is -2.49. The maximum absolute atomic E-state index is 13.4. The Labute approximate surface area is 160 Å². The van der Waals surface area contributed by atoms with Crippen molar-refractivity contribution in [3.63, 3.8) is 0 Å². The predicted octanol–water partition coefficient (Wildman–Crippen LogP) is 3.41. The fraction of sp³-hybridized carbons (Fsp3) is 0.391. The molecule has 4 heteroatoms. The van der Waals surface area contributed by atoms with Crippen LogP contribution in [0.15, 0.2) is 60.7 Å². The maximum Gasteiger partial charge on any atom is 0.238 e. The molecule has 0 saturated carbocycles. The molecule has 140 valence electrons. The van der Waals surface area contributed by atoms with Crippen molar-refractivity contribution in [3.05, 3.63) is 71.8 Å². The minimum atomic E-state index is -0.662. The first kappa shape index (κ1) is 17.9. The molecule has 2 aromatic carbocycles. The molecular weight excluding hydrogens is 336 g/mol. The second-order valence-electron chi connectivity index (χ2n) is 7.53. The molecule has 2 aliphatic heterocycles. The van der Waals surface area contributed by atoms with E-state index in [0.29, 0.717) is 13.0 Å². The number of nitrogens with zero attached hydrogens (tertiary/aromatic N) is 2. The number of piperidine rings is 1. The maximum atomic E-state index is 13.4. The molecule has 2 saturated heterocycles. The summed E-state index contributed by atoms with van der Waals surface area (Å²) >= 11 is 0. The first-order valence-electron chi connectivity index (χ1n) is 9.89. The summed E-state index contributed by atoms with van der Waals surface area (Å²) < 4.78 is 0. The zero-order valence-electron chi connectivity index (χ0n) is 15.6. The fourth-order valence-corrected chi connectivity index (χ4v) is 4.34. The van der Waals surface area contributed by atoms with E-state index in [0.717, 1.165) is 30.8 Å². The molecule has 2 atom stereocenters. The highest BCUT2D eigenvalue weighted by Crippen LogP contribution is 2.32. The Morgan fingerprint density at radius 1 is 0.852 bits per heavy atom. The molecule has 27 heavy (non-hydrogen) atoms. The first-order valence-corrected chi connectivity index (χ1v) is 9.89. The lowest BCUT2D eigenvalue weighted by atomic mass is 9.87. The molecule has 4 nitrogen and oxygen atoms in total. The third-order valence-electron chi connectivity index (χ3n) is 5.77. The van der Waals surface area contributed by atoms with Gasteiger partial charge in [0.1, 0.15) is 5.92 Å². The van der Waals surface area contributed by atoms with E-state index in [1.165, 1.54) is 12.8 Å². The normalized spacial score (nSPS) is 22.2. The Kier molecular flexibility index (Phi) is 5.35. The molecule has 0 bridgehead atoms. The lowest BCUT2D eigenvalue weighted by molar-refractivity contribution is -0.144. The summed E-state index contributed by atoms with van der Waals surface area (Å²) in [5.41, 5.74) is 1.96. The average molecular weight is 362 g/mol. The Bertz CT molecular complexity index is 785. The van der Waals surface area contributed by atoms with Crippen molar-refractivity contribution in [2.75, 3.05) is 26.2 Å². The molecule has 2 heterocycles. The van der Waals surface area contributed by atoms with Crippen LogP contribution in [0.1, 0.15) is 42.3 Å². The average Bonchev–Trinajstić information content (AvgIpc) is 3.22. The van der Waals surface area contributed by atoms with Gasteiger partial charge in [0.05, 0.1) is 6.04 Å². The molecule has 4 rings (SSSR count). The third-order valence-corrected chi connectivity index (χ3v) is 5.77. The van der Waals surface area contributed by atoms with Crippen LogP contribution in [-0.4, -0.2) is 47.7 Å². The Morgan fingerprint density at radius 2 is 1.48 bits per heavy atom. The molecule has 1 amide bonds. The largest absolute Gasteiger partial charge is 0.333 e. The summed E-state index contributed by atoms with van der Waals surface area (Å²) in [7, 11) is 0. The van der Waals surface area contributed by atoms with Gasteiger partial charge in [0.2, 0.25) is 5.91 Å². The van der Waals surface area contributed by atoms with Crippen LogP contribution >= 0.6 is 0 Å². The van der Waals surface area contributed by atoms with Gasteiger partial charge in [-0.3, -0.25) is 9.59 Å². The fourth-order valence-electron chi connectivity index (χ4n) is 4.34. The van der Waals surface area contributed by atoms with Crippen LogP contribution in [0.2, 0.25) is 0 Å². The summed E-state index contributed by atoms with van der Waals surface area (Å²) in [6.07, 6.45) is 2.87. The van der Waals surface area contributed by atoms with E-state index in [1.54, 1.807) is 0 Å². The van der Waals surface area contributed by atoms with Crippen LogP contribution in [0, 0.1) is 0 Å². The van der Waals surface area contributed by atoms with E-state index >= 15 is 0 Å². The number of amides is 1. The minimum absolute atomic E-state index is 0.00360. The van der Waals surface area contributed by atoms with Crippen molar-refractivity contribution in [1.82, 2.24) is 9.80 Å². The van der Waals surface area contributed by atoms with Gasteiger partial charge in [-0.05, 0) is 37.1 Å². The second-order valence-corrected chi connectivity index (χ2v) is 7.53. The molecule has 2 aromatic rings.